The summed E-state index contributed by atoms with van der Waals surface area (Å²) in [5.41, 5.74) is 1.64. The number of hydrogen-bond acceptors (Lipinski definition) is 1. The molecule has 74 valence electrons. The van der Waals surface area contributed by atoms with Crippen LogP contribution in [0.15, 0.2) is 18.2 Å². The van der Waals surface area contributed by atoms with Crippen molar-refractivity contribution in [3.8, 4) is 11.8 Å². The van der Waals surface area contributed by atoms with Crippen LogP contribution >= 0.6 is 0 Å². The Morgan fingerprint density at radius 2 is 2.00 bits per heavy atom. The molecule has 0 saturated carbocycles. The third kappa shape index (κ3) is 3.59. The zero-order valence-corrected chi connectivity index (χ0v) is 8.76. The average Bonchev–Trinajstić information content (AvgIpc) is 2.01. The standard InChI is InChI=1S/C12H14FN/c1-10-7-11(9-12(13)8-10)5-4-6-14(2)3/h7-9H,6H2,1-3H3. The maximum atomic E-state index is 12.9. The highest BCUT2D eigenvalue weighted by molar-refractivity contribution is 5.37. The molecule has 1 rings (SSSR count). The molecule has 0 aliphatic carbocycles. The summed E-state index contributed by atoms with van der Waals surface area (Å²) >= 11 is 0. The SMILES string of the molecule is Cc1cc(F)cc(C#CCN(C)C)c1. The van der Waals surface area contributed by atoms with Crippen molar-refractivity contribution in [1.29, 1.82) is 0 Å². The van der Waals surface area contributed by atoms with Gasteiger partial charge in [0.15, 0.2) is 0 Å². The minimum atomic E-state index is -0.223. The highest BCUT2D eigenvalue weighted by atomic mass is 19.1. The molecule has 0 heterocycles. The van der Waals surface area contributed by atoms with Gasteiger partial charge in [0.25, 0.3) is 0 Å². The number of nitrogens with zero attached hydrogens (tertiary/aromatic N) is 1. The van der Waals surface area contributed by atoms with E-state index >= 15 is 0 Å². The van der Waals surface area contributed by atoms with Gasteiger partial charge in [0, 0.05) is 5.56 Å². The van der Waals surface area contributed by atoms with Gasteiger partial charge in [-0.25, -0.2) is 4.39 Å². The Morgan fingerprint density at radius 1 is 1.29 bits per heavy atom. The molecule has 0 amide bonds. The van der Waals surface area contributed by atoms with Crippen LogP contribution < -0.4 is 0 Å². The lowest BCUT2D eigenvalue weighted by atomic mass is 10.1. The molecule has 1 aromatic carbocycles. The molecule has 2 heteroatoms. The molecule has 1 nitrogen and oxygen atoms in total. The molecule has 0 atom stereocenters. The fraction of sp³-hybridized carbons (Fsp3) is 0.333. The second-order valence-corrected chi connectivity index (χ2v) is 3.56. The van der Waals surface area contributed by atoms with Crippen LogP contribution in [0, 0.1) is 24.6 Å². The van der Waals surface area contributed by atoms with Gasteiger partial charge in [-0.2, -0.15) is 0 Å². The zero-order chi connectivity index (χ0) is 10.6. The van der Waals surface area contributed by atoms with Gasteiger partial charge in [-0.3, -0.25) is 4.90 Å². The topological polar surface area (TPSA) is 3.24 Å². The van der Waals surface area contributed by atoms with Gasteiger partial charge in [-0.05, 0) is 44.8 Å². The molecule has 0 fully saturated rings. The highest BCUT2D eigenvalue weighted by Crippen LogP contribution is 2.06. The van der Waals surface area contributed by atoms with E-state index in [0.29, 0.717) is 6.54 Å². The lowest BCUT2D eigenvalue weighted by Gasteiger charge is -2.01. The summed E-state index contributed by atoms with van der Waals surface area (Å²) in [5.74, 6) is 5.67. The van der Waals surface area contributed by atoms with Crippen molar-refractivity contribution in [3.63, 3.8) is 0 Å². The monoisotopic (exact) mass is 191 g/mol. The van der Waals surface area contributed by atoms with Crippen molar-refractivity contribution in [3.05, 3.63) is 35.1 Å². The van der Waals surface area contributed by atoms with Gasteiger partial charge < -0.3 is 0 Å². The quantitative estimate of drug-likeness (QED) is 0.614. The lowest BCUT2D eigenvalue weighted by molar-refractivity contribution is 0.464. The first-order valence-corrected chi connectivity index (χ1v) is 4.49. The fourth-order valence-corrected chi connectivity index (χ4v) is 1.11. The van der Waals surface area contributed by atoms with E-state index in [1.807, 2.05) is 32.0 Å². The number of halogens is 1. The van der Waals surface area contributed by atoms with E-state index in [-0.39, 0.29) is 5.82 Å². The number of benzene rings is 1. The van der Waals surface area contributed by atoms with Crippen molar-refractivity contribution >= 4 is 0 Å². The Hall–Kier alpha value is -1.33. The van der Waals surface area contributed by atoms with E-state index < -0.39 is 0 Å². The highest BCUT2D eigenvalue weighted by Gasteiger charge is 1.94. The summed E-state index contributed by atoms with van der Waals surface area (Å²) in [4.78, 5) is 1.97. The summed E-state index contributed by atoms with van der Waals surface area (Å²) in [6.45, 7) is 2.55. The molecular weight excluding hydrogens is 177 g/mol. The molecule has 0 aliphatic rings. The maximum Gasteiger partial charge on any atom is 0.124 e. The first-order chi connectivity index (χ1) is 6.58. The van der Waals surface area contributed by atoms with Gasteiger partial charge in [-0.1, -0.05) is 11.8 Å². The largest absolute Gasteiger partial charge is 0.299 e. The summed E-state index contributed by atoms with van der Waals surface area (Å²) in [7, 11) is 3.90. The molecular formula is C12H14FN. The maximum absolute atomic E-state index is 12.9. The average molecular weight is 191 g/mol. The van der Waals surface area contributed by atoms with Gasteiger partial charge in [-0.15, -0.1) is 0 Å². The fourth-order valence-electron chi connectivity index (χ4n) is 1.11. The van der Waals surface area contributed by atoms with E-state index in [1.165, 1.54) is 12.1 Å². The molecule has 14 heavy (non-hydrogen) atoms. The summed E-state index contributed by atoms with van der Waals surface area (Å²) in [6.07, 6.45) is 0. The minimum absolute atomic E-state index is 0.223. The smallest absolute Gasteiger partial charge is 0.124 e. The Kier molecular flexibility index (Phi) is 3.67. The molecule has 0 radical (unpaired) electrons. The van der Waals surface area contributed by atoms with Crippen LogP contribution in [0.4, 0.5) is 4.39 Å². The number of aryl methyl sites for hydroxylation is 1. The molecule has 0 spiro atoms. The Bertz CT molecular complexity index is 351. The van der Waals surface area contributed by atoms with E-state index in [9.17, 15) is 4.39 Å². The van der Waals surface area contributed by atoms with E-state index in [4.69, 9.17) is 0 Å². The lowest BCUT2D eigenvalue weighted by Crippen LogP contribution is -2.10. The summed E-state index contributed by atoms with van der Waals surface area (Å²) < 4.78 is 12.9. The van der Waals surface area contributed by atoms with Crippen LogP contribution in [-0.2, 0) is 0 Å². The van der Waals surface area contributed by atoms with Gasteiger partial charge in [0.05, 0.1) is 6.54 Å². The van der Waals surface area contributed by atoms with E-state index in [0.717, 1.165) is 11.1 Å². The van der Waals surface area contributed by atoms with Crippen molar-refractivity contribution in [2.75, 3.05) is 20.6 Å². The predicted molar refractivity (Wildman–Crippen MR) is 56.6 cm³/mol. The molecule has 0 bridgehead atoms. The van der Waals surface area contributed by atoms with Crippen molar-refractivity contribution in [2.45, 2.75) is 6.92 Å². The van der Waals surface area contributed by atoms with Crippen LogP contribution in [0.1, 0.15) is 11.1 Å². The molecule has 0 aromatic heterocycles. The molecule has 1 aromatic rings. The van der Waals surface area contributed by atoms with Crippen molar-refractivity contribution in [2.24, 2.45) is 0 Å². The molecule has 0 aliphatic heterocycles. The van der Waals surface area contributed by atoms with Crippen LogP contribution in [0.5, 0.6) is 0 Å². The first kappa shape index (κ1) is 10.7. The molecule has 0 saturated heterocycles. The second kappa shape index (κ2) is 4.78. The van der Waals surface area contributed by atoms with Crippen LogP contribution in [0.25, 0.3) is 0 Å². The van der Waals surface area contributed by atoms with Crippen molar-refractivity contribution in [1.82, 2.24) is 4.90 Å². The first-order valence-electron chi connectivity index (χ1n) is 4.49. The van der Waals surface area contributed by atoms with E-state index in [2.05, 4.69) is 11.8 Å². The van der Waals surface area contributed by atoms with Gasteiger partial charge in [0.1, 0.15) is 5.82 Å². The number of rotatable bonds is 1. The summed E-state index contributed by atoms with van der Waals surface area (Å²) in [6, 6.07) is 4.83. The molecule has 0 unspecified atom stereocenters. The Balaban J connectivity index is 2.79. The summed E-state index contributed by atoms with van der Waals surface area (Å²) in [5, 5.41) is 0. The van der Waals surface area contributed by atoms with E-state index in [1.54, 1.807) is 0 Å². The minimum Gasteiger partial charge on any atom is -0.299 e. The third-order valence-electron chi connectivity index (χ3n) is 1.67. The predicted octanol–water partition coefficient (Wildman–Crippen LogP) is 2.05. The Morgan fingerprint density at radius 3 is 2.57 bits per heavy atom. The van der Waals surface area contributed by atoms with Gasteiger partial charge >= 0.3 is 0 Å². The van der Waals surface area contributed by atoms with Crippen molar-refractivity contribution < 1.29 is 4.39 Å². The van der Waals surface area contributed by atoms with Crippen LogP contribution in [0.3, 0.4) is 0 Å². The van der Waals surface area contributed by atoms with Gasteiger partial charge in [0.2, 0.25) is 0 Å². The van der Waals surface area contributed by atoms with Crippen LogP contribution in [0.2, 0.25) is 0 Å². The Labute approximate surface area is 84.5 Å². The zero-order valence-electron chi connectivity index (χ0n) is 8.76. The third-order valence-corrected chi connectivity index (χ3v) is 1.67. The van der Waals surface area contributed by atoms with Crippen LogP contribution in [-0.4, -0.2) is 25.5 Å². The second-order valence-electron chi connectivity index (χ2n) is 3.56. The molecule has 0 N–H and O–H groups in total. The normalized spacial score (nSPS) is 9.79. The number of hydrogen-bond donors (Lipinski definition) is 0.